The van der Waals surface area contributed by atoms with E-state index in [1.807, 2.05) is 42.2 Å². The molecule has 4 rings (SSSR count). The molecule has 2 aromatic rings. The number of thiazole rings is 1. The number of aryl methyl sites for hydroxylation is 1. The molecule has 1 aromatic heterocycles. The summed E-state index contributed by atoms with van der Waals surface area (Å²) in [5.74, 6) is -0.190. The first-order chi connectivity index (χ1) is 13.1. The highest BCUT2D eigenvalue weighted by molar-refractivity contribution is 7.11. The van der Waals surface area contributed by atoms with Crippen LogP contribution >= 0.6 is 11.3 Å². The van der Waals surface area contributed by atoms with Crippen molar-refractivity contribution in [3.63, 3.8) is 0 Å². The summed E-state index contributed by atoms with van der Waals surface area (Å²) >= 11 is 1.68. The van der Waals surface area contributed by atoms with Crippen LogP contribution in [0.2, 0.25) is 0 Å². The molecule has 2 aliphatic rings. The van der Waals surface area contributed by atoms with E-state index in [-0.39, 0.29) is 23.8 Å². The Morgan fingerprint density at radius 1 is 1.26 bits per heavy atom. The Bertz CT molecular complexity index is 877. The maximum Gasteiger partial charge on any atom is 0.246 e. The second kappa shape index (κ2) is 7.27. The van der Waals surface area contributed by atoms with Gasteiger partial charge in [0.25, 0.3) is 0 Å². The van der Waals surface area contributed by atoms with Gasteiger partial charge in [-0.2, -0.15) is 0 Å². The number of hydrogen-bond donors (Lipinski definition) is 0. The summed E-state index contributed by atoms with van der Waals surface area (Å²) in [6.07, 6.45) is 2.84. The lowest BCUT2D eigenvalue weighted by Gasteiger charge is -2.32. The minimum atomic E-state index is -0.228. The van der Waals surface area contributed by atoms with Crippen LogP contribution in [-0.2, 0) is 22.6 Å². The van der Waals surface area contributed by atoms with Gasteiger partial charge in [0.2, 0.25) is 11.8 Å². The zero-order valence-electron chi connectivity index (χ0n) is 15.4. The van der Waals surface area contributed by atoms with E-state index in [1.165, 1.54) is 11.0 Å². The van der Waals surface area contributed by atoms with Crippen LogP contribution < -0.4 is 0 Å². The summed E-state index contributed by atoms with van der Waals surface area (Å²) in [6, 6.07) is 9.64. The normalized spacial score (nSPS) is 21.8. The molecule has 0 N–H and O–H groups in total. The van der Waals surface area contributed by atoms with Crippen molar-refractivity contribution in [1.82, 2.24) is 14.8 Å². The van der Waals surface area contributed by atoms with Crippen molar-refractivity contribution in [2.45, 2.75) is 32.4 Å². The standard InChI is InChI=1S/C21H23N3O2S/c1-3-19(25)24-12-9-16(20(24)15-7-5-4-6-8-15)21(26)23-11-10-17-18(13-23)27-14(2)22-17/h3-8,16,20H,1,9-13H2,2H3/t16-,20+/m0/s1. The van der Waals surface area contributed by atoms with Crippen molar-refractivity contribution in [2.24, 2.45) is 5.92 Å². The van der Waals surface area contributed by atoms with E-state index in [0.29, 0.717) is 26.1 Å². The fourth-order valence-corrected chi connectivity index (χ4v) is 5.22. The van der Waals surface area contributed by atoms with Crippen molar-refractivity contribution in [1.29, 1.82) is 0 Å². The van der Waals surface area contributed by atoms with Gasteiger partial charge in [0.05, 0.1) is 29.2 Å². The monoisotopic (exact) mass is 381 g/mol. The van der Waals surface area contributed by atoms with Crippen LogP contribution in [0, 0.1) is 12.8 Å². The summed E-state index contributed by atoms with van der Waals surface area (Å²) in [4.78, 5) is 35.3. The van der Waals surface area contributed by atoms with Crippen molar-refractivity contribution in [3.05, 3.63) is 64.1 Å². The first-order valence-corrected chi connectivity index (χ1v) is 10.1. The van der Waals surface area contributed by atoms with Gasteiger partial charge >= 0.3 is 0 Å². The third-order valence-corrected chi connectivity index (χ3v) is 6.46. The fraction of sp³-hybridized carbons (Fsp3) is 0.381. The maximum atomic E-state index is 13.4. The highest BCUT2D eigenvalue weighted by Crippen LogP contribution is 2.39. The SMILES string of the molecule is C=CC(=O)N1CC[C@H](C(=O)N2CCc3nc(C)sc3C2)[C@H]1c1ccccc1. The number of rotatable bonds is 3. The topological polar surface area (TPSA) is 53.5 Å². The Morgan fingerprint density at radius 3 is 2.78 bits per heavy atom. The fourth-order valence-electron chi connectivity index (χ4n) is 4.23. The molecule has 1 saturated heterocycles. The number of fused-ring (bicyclic) bond motifs is 1. The third kappa shape index (κ3) is 3.30. The van der Waals surface area contributed by atoms with Crippen LogP contribution in [0.15, 0.2) is 43.0 Å². The molecule has 27 heavy (non-hydrogen) atoms. The molecule has 1 fully saturated rings. The predicted molar refractivity (Wildman–Crippen MR) is 105 cm³/mol. The van der Waals surface area contributed by atoms with E-state index >= 15 is 0 Å². The number of amides is 2. The van der Waals surface area contributed by atoms with E-state index in [1.54, 1.807) is 16.2 Å². The van der Waals surface area contributed by atoms with Crippen molar-refractivity contribution < 1.29 is 9.59 Å². The lowest BCUT2D eigenvalue weighted by Crippen LogP contribution is -2.42. The van der Waals surface area contributed by atoms with E-state index in [4.69, 9.17) is 0 Å². The Balaban J connectivity index is 1.60. The van der Waals surface area contributed by atoms with Gasteiger partial charge < -0.3 is 9.80 Å². The Labute approximate surface area is 163 Å². The molecular formula is C21H23N3O2S. The molecule has 140 valence electrons. The highest BCUT2D eigenvalue weighted by atomic mass is 32.1. The van der Waals surface area contributed by atoms with Crippen molar-refractivity contribution in [2.75, 3.05) is 13.1 Å². The van der Waals surface area contributed by atoms with Gasteiger partial charge in [-0.25, -0.2) is 4.98 Å². The Morgan fingerprint density at radius 2 is 2.04 bits per heavy atom. The molecule has 2 aliphatic heterocycles. The first kappa shape index (κ1) is 17.9. The summed E-state index contributed by atoms with van der Waals surface area (Å²) in [5.41, 5.74) is 2.14. The average Bonchev–Trinajstić information content (AvgIpc) is 3.29. The number of carbonyl (C=O) groups excluding carboxylic acids is 2. The molecule has 3 heterocycles. The summed E-state index contributed by atoms with van der Waals surface area (Å²) in [5, 5.41) is 1.06. The Hall–Kier alpha value is -2.47. The van der Waals surface area contributed by atoms with Gasteiger partial charge in [-0.05, 0) is 25.0 Å². The average molecular weight is 382 g/mol. The third-order valence-electron chi connectivity index (χ3n) is 5.46. The predicted octanol–water partition coefficient (Wildman–Crippen LogP) is 3.11. The summed E-state index contributed by atoms with van der Waals surface area (Å²) in [6.45, 7) is 7.55. The number of benzene rings is 1. The van der Waals surface area contributed by atoms with Crippen LogP contribution in [0.25, 0.3) is 0 Å². The van der Waals surface area contributed by atoms with Gasteiger partial charge in [-0.3, -0.25) is 9.59 Å². The summed E-state index contributed by atoms with van der Waals surface area (Å²) in [7, 11) is 0. The molecule has 0 unspecified atom stereocenters. The molecule has 2 atom stereocenters. The molecular weight excluding hydrogens is 358 g/mol. The first-order valence-electron chi connectivity index (χ1n) is 9.30. The van der Waals surface area contributed by atoms with E-state index in [0.717, 1.165) is 22.7 Å². The number of carbonyl (C=O) groups is 2. The number of likely N-dealkylation sites (tertiary alicyclic amines) is 1. The van der Waals surface area contributed by atoms with E-state index in [2.05, 4.69) is 11.6 Å². The minimum Gasteiger partial charge on any atom is -0.337 e. The Kier molecular flexibility index (Phi) is 4.83. The zero-order chi connectivity index (χ0) is 19.0. The smallest absolute Gasteiger partial charge is 0.246 e. The molecule has 5 nitrogen and oxygen atoms in total. The lowest BCUT2D eigenvalue weighted by molar-refractivity contribution is -0.138. The van der Waals surface area contributed by atoms with Gasteiger partial charge in [0.1, 0.15) is 0 Å². The molecule has 0 radical (unpaired) electrons. The molecule has 0 aliphatic carbocycles. The second-order valence-corrected chi connectivity index (χ2v) is 8.39. The van der Waals surface area contributed by atoms with Crippen LogP contribution in [0.1, 0.15) is 33.6 Å². The molecule has 6 heteroatoms. The largest absolute Gasteiger partial charge is 0.337 e. The molecule has 0 spiro atoms. The van der Waals surface area contributed by atoms with Crippen LogP contribution in [0.3, 0.4) is 0 Å². The molecule has 2 amide bonds. The number of aromatic nitrogens is 1. The van der Waals surface area contributed by atoms with Crippen LogP contribution in [-0.4, -0.2) is 39.7 Å². The van der Waals surface area contributed by atoms with E-state index in [9.17, 15) is 9.59 Å². The lowest BCUT2D eigenvalue weighted by atomic mass is 9.91. The maximum absolute atomic E-state index is 13.4. The van der Waals surface area contributed by atoms with Gasteiger partial charge in [-0.15, -0.1) is 11.3 Å². The van der Waals surface area contributed by atoms with Crippen LogP contribution in [0.5, 0.6) is 0 Å². The molecule has 0 bridgehead atoms. The van der Waals surface area contributed by atoms with Gasteiger partial charge in [0, 0.05) is 24.4 Å². The second-order valence-electron chi connectivity index (χ2n) is 7.10. The molecule has 0 saturated carbocycles. The number of nitrogens with zero attached hydrogens (tertiary/aromatic N) is 3. The van der Waals surface area contributed by atoms with Crippen molar-refractivity contribution in [3.8, 4) is 0 Å². The van der Waals surface area contributed by atoms with Crippen molar-refractivity contribution >= 4 is 23.2 Å². The quantitative estimate of drug-likeness (QED) is 0.768. The zero-order valence-corrected chi connectivity index (χ0v) is 16.2. The van der Waals surface area contributed by atoms with E-state index < -0.39 is 0 Å². The molecule has 1 aromatic carbocycles. The summed E-state index contributed by atoms with van der Waals surface area (Å²) < 4.78 is 0. The number of hydrogen-bond acceptors (Lipinski definition) is 4. The minimum absolute atomic E-state index is 0.113. The van der Waals surface area contributed by atoms with Crippen LogP contribution in [0.4, 0.5) is 0 Å². The van der Waals surface area contributed by atoms with Gasteiger partial charge in [-0.1, -0.05) is 36.9 Å². The van der Waals surface area contributed by atoms with Gasteiger partial charge in [0.15, 0.2) is 0 Å². The highest BCUT2D eigenvalue weighted by Gasteiger charge is 2.43.